The van der Waals surface area contributed by atoms with Gasteiger partial charge in [0.15, 0.2) is 0 Å². The van der Waals surface area contributed by atoms with Crippen molar-refractivity contribution >= 4 is 11.6 Å². The van der Waals surface area contributed by atoms with Gasteiger partial charge < -0.3 is 15.4 Å². The molecule has 0 saturated carbocycles. The highest BCUT2D eigenvalue weighted by Crippen LogP contribution is 2.17. The third-order valence-electron chi connectivity index (χ3n) is 2.83. The monoisotopic (exact) mass is 304 g/mol. The fourth-order valence-electron chi connectivity index (χ4n) is 1.80. The second-order valence-corrected chi connectivity index (χ2v) is 4.43. The van der Waals surface area contributed by atoms with Crippen LogP contribution < -0.4 is 10.6 Å². The number of nitrogens with zero attached hydrogens (tertiary/aromatic N) is 1. The number of hydrogen-bond donors (Lipinski definition) is 1. The van der Waals surface area contributed by atoms with Crippen molar-refractivity contribution in [3.63, 3.8) is 0 Å². The van der Waals surface area contributed by atoms with Gasteiger partial charge in [-0.1, -0.05) is 12.1 Å². The zero-order valence-electron chi connectivity index (χ0n) is 11.8. The third kappa shape index (κ3) is 6.14. The first-order valence-corrected chi connectivity index (χ1v) is 6.61. The van der Waals surface area contributed by atoms with Crippen LogP contribution in [0.15, 0.2) is 24.3 Å². The second kappa shape index (κ2) is 7.99. The van der Waals surface area contributed by atoms with Crippen LogP contribution >= 0.6 is 0 Å². The van der Waals surface area contributed by atoms with Crippen LogP contribution in [0.4, 0.5) is 18.9 Å². The molecule has 0 aromatic heterocycles. The van der Waals surface area contributed by atoms with E-state index in [9.17, 15) is 18.0 Å². The predicted molar refractivity (Wildman–Crippen MR) is 73.9 cm³/mol. The van der Waals surface area contributed by atoms with Gasteiger partial charge in [0.25, 0.3) is 0 Å². The number of carbonyl (C=O) groups excluding carboxylic acids is 1. The van der Waals surface area contributed by atoms with E-state index >= 15 is 0 Å². The number of benzene rings is 1. The maximum atomic E-state index is 12.0. The number of alkyl halides is 3. The Balaban J connectivity index is 2.52. The number of rotatable bonds is 7. The van der Waals surface area contributed by atoms with E-state index in [1.165, 1.54) is 4.90 Å². The molecule has 0 aliphatic heterocycles. The van der Waals surface area contributed by atoms with E-state index in [-0.39, 0.29) is 18.9 Å². The van der Waals surface area contributed by atoms with Crippen LogP contribution in [-0.4, -0.2) is 31.8 Å². The zero-order valence-corrected chi connectivity index (χ0v) is 11.8. The Morgan fingerprint density at radius 2 is 1.90 bits per heavy atom. The molecule has 0 fully saturated rings. The van der Waals surface area contributed by atoms with E-state index in [0.29, 0.717) is 18.8 Å². The summed E-state index contributed by atoms with van der Waals surface area (Å²) >= 11 is 0. The molecule has 0 aliphatic carbocycles. The van der Waals surface area contributed by atoms with Crippen molar-refractivity contribution in [3.05, 3.63) is 29.8 Å². The first-order chi connectivity index (χ1) is 9.87. The van der Waals surface area contributed by atoms with Gasteiger partial charge in [0.2, 0.25) is 5.91 Å². The van der Waals surface area contributed by atoms with Gasteiger partial charge in [-0.25, -0.2) is 0 Å². The van der Waals surface area contributed by atoms with E-state index in [1.807, 2.05) is 12.1 Å². The van der Waals surface area contributed by atoms with E-state index in [4.69, 9.17) is 5.73 Å². The minimum absolute atomic E-state index is 0.0947. The van der Waals surface area contributed by atoms with Crippen molar-refractivity contribution < 1.29 is 22.7 Å². The van der Waals surface area contributed by atoms with Crippen LogP contribution in [0.2, 0.25) is 0 Å². The molecule has 0 saturated heterocycles. The molecule has 7 heteroatoms. The molecular weight excluding hydrogens is 285 g/mol. The molecule has 118 valence electrons. The van der Waals surface area contributed by atoms with Gasteiger partial charge in [0.1, 0.15) is 6.61 Å². The summed E-state index contributed by atoms with van der Waals surface area (Å²) in [5.74, 6) is -0.278. The summed E-state index contributed by atoms with van der Waals surface area (Å²) in [4.78, 5) is 13.5. The van der Waals surface area contributed by atoms with Crippen molar-refractivity contribution in [2.24, 2.45) is 5.73 Å². The van der Waals surface area contributed by atoms with E-state index in [2.05, 4.69) is 4.74 Å². The van der Waals surface area contributed by atoms with Crippen molar-refractivity contribution in [1.29, 1.82) is 0 Å². The zero-order chi connectivity index (χ0) is 15.9. The number of halogens is 3. The van der Waals surface area contributed by atoms with Gasteiger partial charge in [-0.2, -0.15) is 13.2 Å². The van der Waals surface area contributed by atoms with E-state index in [1.54, 1.807) is 19.1 Å². The molecule has 0 aliphatic rings. The molecule has 1 aromatic carbocycles. The first kappa shape index (κ1) is 17.5. The summed E-state index contributed by atoms with van der Waals surface area (Å²) in [6.07, 6.45) is -4.46. The van der Waals surface area contributed by atoms with Crippen molar-refractivity contribution in [2.75, 3.05) is 24.7 Å². The predicted octanol–water partition coefficient (Wildman–Crippen LogP) is 2.47. The largest absolute Gasteiger partial charge is 0.411 e. The lowest BCUT2D eigenvalue weighted by molar-refractivity contribution is -0.174. The highest BCUT2D eigenvalue weighted by molar-refractivity contribution is 5.93. The van der Waals surface area contributed by atoms with E-state index < -0.39 is 12.8 Å². The summed E-state index contributed by atoms with van der Waals surface area (Å²) in [5.41, 5.74) is 7.13. The number of hydrogen-bond acceptors (Lipinski definition) is 3. The molecule has 0 bridgehead atoms. The average Bonchev–Trinajstić information content (AvgIpc) is 2.44. The fraction of sp³-hybridized carbons (Fsp3) is 0.500. The molecule has 0 radical (unpaired) electrons. The maximum Gasteiger partial charge on any atom is 0.411 e. The summed E-state index contributed by atoms with van der Waals surface area (Å²) < 4.78 is 40.2. The number of carbonyl (C=O) groups is 1. The highest BCUT2D eigenvalue weighted by atomic mass is 19.4. The fourth-order valence-corrected chi connectivity index (χ4v) is 1.80. The molecule has 0 atom stereocenters. The third-order valence-corrected chi connectivity index (χ3v) is 2.83. The molecule has 1 amide bonds. The van der Waals surface area contributed by atoms with Gasteiger partial charge in [0.05, 0.1) is 13.0 Å². The summed E-state index contributed by atoms with van der Waals surface area (Å²) in [5, 5.41) is 0. The summed E-state index contributed by atoms with van der Waals surface area (Å²) in [6.45, 7) is 1.05. The molecular formula is C14H19F3N2O2. The van der Waals surface area contributed by atoms with Gasteiger partial charge in [0, 0.05) is 18.8 Å². The lowest BCUT2D eigenvalue weighted by atomic mass is 10.2. The maximum absolute atomic E-state index is 12.0. The van der Waals surface area contributed by atoms with Gasteiger partial charge >= 0.3 is 6.18 Å². The highest BCUT2D eigenvalue weighted by Gasteiger charge is 2.27. The van der Waals surface area contributed by atoms with Crippen molar-refractivity contribution in [1.82, 2.24) is 0 Å². The van der Waals surface area contributed by atoms with Crippen LogP contribution in [0.3, 0.4) is 0 Å². The molecule has 1 rings (SSSR count). The Kier molecular flexibility index (Phi) is 6.64. The quantitative estimate of drug-likeness (QED) is 0.787. The van der Waals surface area contributed by atoms with Crippen LogP contribution in [-0.2, 0) is 16.1 Å². The number of nitrogens with two attached hydrogens (primary N) is 1. The topological polar surface area (TPSA) is 55.6 Å². The summed E-state index contributed by atoms with van der Waals surface area (Å²) in [6, 6.07) is 7.15. The average molecular weight is 304 g/mol. The Hall–Kier alpha value is -1.60. The lowest BCUT2D eigenvalue weighted by Crippen LogP contribution is -2.31. The number of ether oxygens (including phenoxy) is 1. The van der Waals surface area contributed by atoms with Crippen molar-refractivity contribution in [3.8, 4) is 0 Å². The summed E-state index contributed by atoms with van der Waals surface area (Å²) in [7, 11) is 0. The van der Waals surface area contributed by atoms with Crippen molar-refractivity contribution in [2.45, 2.75) is 26.1 Å². The Bertz CT molecular complexity index is 447. The standard InChI is InChI=1S/C14H19F3N2O2/c1-2-19(12-5-3-11(9-18)4-6-12)13(20)7-8-21-10-14(15,16)17/h3-6H,2,7-10,18H2,1H3. The minimum Gasteiger partial charge on any atom is -0.372 e. The van der Waals surface area contributed by atoms with Gasteiger partial charge in [-0.15, -0.1) is 0 Å². The molecule has 0 heterocycles. The number of anilines is 1. The van der Waals surface area contributed by atoms with Crippen LogP contribution in [0, 0.1) is 0 Å². The molecule has 2 N–H and O–H groups in total. The SMILES string of the molecule is CCN(C(=O)CCOCC(F)(F)F)c1ccc(CN)cc1. The Morgan fingerprint density at radius 3 is 2.38 bits per heavy atom. The Labute approximate surface area is 121 Å². The molecule has 21 heavy (non-hydrogen) atoms. The second-order valence-electron chi connectivity index (χ2n) is 4.43. The molecule has 0 unspecified atom stereocenters. The van der Waals surface area contributed by atoms with Gasteiger partial charge in [-0.05, 0) is 24.6 Å². The minimum atomic E-state index is -4.37. The van der Waals surface area contributed by atoms with Crippen LogP contribution in [0.5, 0.6) is 0 Å². The van der Waals surface area contributed by atoms with Crippen LogP contribution in [0.1, 0.15) is 18.9 Å². The van der Waals surface area contributed by atoms with E-state index in [0.717, 1.165) is 5.56 Å². The molecule has 1 aromatic rings. The molecule has 0 spiro atoms. The normalized spacial score (nSPS) is 11.5. The molecule has 4 nitrogen and oxygen atoms in total. The first-order valence-electron chi connectivity index (χ1n) is 6.61. The van der Waals surface area contributed by atoms with Gasteiger partial charge in [-0.3, -0.25) is 4.79 Å². The lowest BCUT2D eigenvalue weighted by Gasteiger charge is -2.21. The Morgan fingerprint density at radius 1 is 1.29 bits per heavy atom. The number of amides is 1. The smallest absolute Gasteiger partial charge is 0.372 e. The van der Waals surface area contributed by atoms with Crippen LogP contribution in [0.25, 0.3) is 0 Å².